The van der Waals surface area contributed by atoms with Crippen LogP contribution in [0.15, 0.2) is 6.33 Å². The first-order chi connectivity index (χ1) is 5.27. The average molecular weight is 150 g/mol. The molecule has 0 radical (unpaired) electrons. The molecule has 0 aromatic carbocycles. The summed E-state index contributed by atoms with van der Waals surface area (Å²) in [7, 11) is 0. The molecule has 1 heterocycles. The number of hydrogen-bond acceptors (Lipinski definition) is 1. The Balaban J connectivity index is 2.30. The van der Waals surface area contributed by atoms with Gasteiger partial charge in [-0.2, -0.15) is 0 Å². The smallest absolute Gasteiger partial charge is 0.0925 e. The molecule has 2 heteroatoms. The summed E-state index contributed by atoms with van der Waals surface area (Å²) in [5, 5.41) is 0. The van der Waals surface area contributed by atoms with E-state index in [0.29, 0.717) is 0 Å². The molecule has 2 atom stereocenters. The van der Waals surface area contributed by atoms with Crippen molar-refractivity contribution in [2.24, 2.45) is 11.8 Å². The van der Waals surface area contributed by atoms with Crippen molar-refractivity contribution in [1.29, 1.82) is 0 Å². The highest BCUT2D eigenvalue weighted by Crippen LogP contribution is 2.26. The second-order valence-electron chi connectivity index (χ2n) is 3.69. The molecule has 0 saturated carbocycles. The molecule has 0 saturated heterocycles. The number of nitrogens with zero attached hydrogens (tertiary/aromatic N) is 1. The highest BCUT2D eigenvalue weighted by Gasteiger charge is 2.23. The summed E-state index contributed by atoms with van der Waals surface area (Å²) in [5.41, 5.74) is 2.64. The van der Waals surface area contributed by atoms with Crippen LogP contribution in [0.25, 0.3) is 0 Å². The van der Waals surface area contributed by atoms with Crippen LogP contribution in [-0.2, 0) is 12.8 Å². The summed E-state index contributed by atoms with van der Waals surface area (Å²) in [4.78, 5) is 7.48. The molecule has 2 unspecified atom stereocenters. The van der Waals surface area contributed by atoms with E-state index in [0.717, 1.165) is 18.3 Å². The Morgan fingerprint density at radius 2 is 2.09 bits per heavy atom. The first kappa shape index (κ1) is 6.89. The summed E-state index contributed by atoms with van der Waals surface area (Å²) in [6.07, 6.45) is 4.14. The normalized spacial score (nSPS) is 30.0. The lowest BCUT2D eigenvalue weighted by atomic mass is 9.82. The minimum absolute atomic E-state index is 0.797. The van der Waals surface area contributed by atoms with Crippen LogP contribution in [-0.4, -0.2) is 9.97 Å². The molecule has 0 fully saturated rings. The van der Waals surface area contributed by atoms with Crippen LogP contribution < -0.4 is 0 Å². The number of aromatic amines is 1. The van der Waals surface area contributed by atoms with Crippen LogP contribution in [0.1, 0.15) is 25.2 Å². The van der Waals surface area contributed by atoms with E-state index in [1.54, 1.807) is 0 Å². The van der Waals surface area contributed by atoms with Gasteiger partial charge in [-0.15, -0.1) is 0 Å². The van der Waals surface area contributed by atoms with E-state index in [9.17, 15) is 0 Å². The zero-order valence-corrected chi connectivity index (χ0v) is 7.09. The van der Waals surface area contributed by atoms with E-state index in [-0.39, 0.29) is 0 Å². The van der Waals surface area contributed by atoms with Crippen molar-refractivity contribution < 1.29 is 0 Å². The molecular weight excluding hydrogens is 136 g/mol. The lowest BCUT2D eigenvalue weighted by Gasteiger charge is -2.24. The largest absolute Gasteiger partial charge is 0.348 e. The third-order valence-electron chi connectivity index (χ3n) is 2.82. The Bertz CT molecular complexity index is 227. The molecule has 1 aliphatic rings. The molecule has 0 amide bonds. The minimum Gasteiger partial charge on any atom is -0.348 e. The highest BCUT2D eigenvalue weighted by atomic mass is 14.9. The molecule has 1 aromatic heterocycles. The minimum atomic E-state index is 0.797. The van der Waals surface area contributed by atoms with E-state index in [1.807, 2.05) is 6.33 Å². The molecule has 2 nitrogen and oxygen atoms in total. The van der Waals surface area contributed by atoms with Gasteiger partial charge in [0.15, 0.2) is 0 Å². The van der Waals surface area contributed by atoms with Crippen molar-refractivity contribution in [3.8, 4) is 0 Å². The van der Waals surface area contributed by atoms with Gasteiger partial charge in [-0.25, -0.2) is 4.98 Å². The predicted octanol–water partition coefficient (Wildman–Crippen LogP) is 1.78. The number of imidazole rings is 1. The maximum atomic E-state index is 4.29. The number of hydrogen-bond donors (Lipinski definition) is 1. The van der Waals surface area contributed by atoms with Crippen LogP contribution >= 0.6 is 0 Å². The van der Waals surface area contributed by atoms with E-state index >= 15 is 0 Å². The second kappa shape index (κ2) is 2.36. The fourth-order valence-electron chi connectivity index (χ4n) is 1.73. The fourth-order valence-corrected chi connectivity index (χ4v) is 1.73. The van der Waals surface area contributed by atoms with Gasteiger partial charge >= 0.3 is 0 Å². The van der Waals surface area contributed by atoms with Gasteiger partial charge in [-0.05, 0) is 24.7 Å². The summed E-state index contributed by atoms with van der Waals surface area (Å²) >= 11 is 0. The number of fused-ring (bicyclic) bond motifs is 1. The molecular formula is C9H14N2. The number of aromatic nitrogens is 2. The second-order valence-corrected chi connectivity index (χ2v) is 3.69. The van der Waals surface area contributed by atoms with Gasteiger partial charge in [0.05, 0.1) is 12.0 Å². The van der Waals surface area contributed by atoms with Gasteiger partial charge in [0.2, 0.25) is 0 Å². The SMILES string of the molecule is CC1Cc2nc[nH]c2CC1C. The van der Waals surface area contributed by atoms with Crippen molar-refractivity contribution in [3.05, 3.63) is 17.7 Å². The van der Waals surface area contributed by atoms with E-state index in [1.165, 1.54) is 17.8 Å². The predicted molar refractivity (Wildman–Crippen MR) is 44.3 cm³/mol. The van der Waals surface area contributed by atoms with Crippen LogP contribution in [0.5, 0.6) is 0 Å². The van der Waals surface area contributed by atoms with Crippen LogP contribution in [0, 0.1) is 11.8 Å². The first-order valence-corrected chi connectivity index (χ1v) is 4.28. The first-order valence-electron chi connectivity index (χ1n) is 4.28. The molecule has 0 aliphatic heterocycles. The summed E-state index contributed by atoms with van der Waals surface area (Å²) in [6, 6.07) is 0. The van der Waals surface area contributed by atoms with Crippen molar-refractivity contribution >= 4 is 0 Å². The molecule has 1 N–H and O–H groups in total. The maximum Gasteiger partial charge on any atom is 0.0925 e. The van der Waals surface area contributed by atoms with Gasteiger partial charge in [0.1, 0.15) is 0 Å². The lowest BCUT2D eigenvalue weighted by molar-refractivity contribution is 0.355. The van der Waals surface area contributed by atoms with E-state index in [4.69, 9.17) is 0 Å². The Hall–Kier alpha value is -0.790. The third-order valence-corrected chi connectivity index (χ3v) is 2.82. The lowest BCUT2D eigenvalue weighted by Crippen LogP contribution is -2.20. The summed E-state index contributed by atoms with van der Waals surface area (Å²) in [5.74, 6) is 1.61. The summed E-state index contributed by atoms with van der Waals surface area (Å²) in [6.45, 7) is 4.62. The summed E-state index contributed by atoms with van der Waals surface area (Å²) < 4.78 is 0. The molecule has 1 aliphatic carbocycles. The molecule has 60 valence electrons. The Kier molecular flexibility index (Phi) is 1.48. The van der Waals surface area contributed by atoms with E-state index in [2.05, 4.69) is 23.8 Å². The van der Waals surface area contributed by atoms with Crippen molar-refractivity contribution in [3.63, 3.8) is 0 Å². The molecule has 11 heavy (non-hydrogen) atoms. The maximum absolute atomic E-state index is 4.29. The molecule has 0 bridgehead atoms. The average Bonchev–Trinajstić information content (AvgIpc) is 2.36. The number of rotatable bonds is 0. The van der Waals surface area contributed by atoms with Crippen molar-refractivity contribution in [1.82, 2.24) is 9.97 Å². The van der Waals surface area contributed by atoms with Gasteiger partial charge in [0.25, 0.3) is 0 Å². The number of nitrogens with one attached hydrogen (secondary N) is 1. The topological polar surface area (TPSA) is 28.7 Å². The standard InChI is InChI=1S/C9H14N2/c1-6-3-8-9(4-7(6)2)11-5-10-8/h5-7H,3-4H2,1-2H3,(H,10,11). The van der Waals surface area contributed by atoms with Crippen molar-refractivity contribution in [2.75, 3.05) is 0 Å². The highest BCUT2D eigenvalue weighted by molar-refractivity contribution is 5.15. The van der Waals surface area contributed by atoms with Crippen LogP contribution in [0.2, 0.25) is 0 Å². The fraction of sp³-hybridized carbons (Fsp3) is 0.667. The molecule has 0 spiro atoms. The van der Waals surface area contributed by atoms with E-state index < -0.39 is 0 Å². The third kappa shape index (κ3) is 1.06. The quantitative estimate of drug-likeness (QED) is 0.600. The molecule has 1 aromatic rings. The van der Waals surface area contributed by atoms with Gasteiger partial charge in [-0.1, -0.05) is 13.8 Å². The van der Waals surface area contributed by atoms with Gasteiger partial charge < -0.3 is 4.98 Å². The number of H-pyrrole nitrogens is 1. The Morgan fingerprint density at radius 3 is 2.91 bits per heavy atom. The monoisotopic (exact) mass is 150 g/mol. The Morgan fingerprint density at radius 1 is 1.36 bits per heavy atom. The van der Waals surface area contributed by atoms with Gasteiger partial charge in [0, 0.05) is 5.69 Å². The zero-order valence-electron chi connectivity index (χ0n) is 7.09. The Labute approximate surface area is 67.0 Å². The van der Waals surface area contributed by atoms with Crippen LogP contribution in [0.3, 0.4) is 0 Å². The van der Waals surface area contributed by atoms with Crippen molar-refractivity contribution in [2.45, 2.75) is 26.7 Å². The molecule has 2 rings (SSSR count). The van der Waals surface area contributed by atoms with Gasteiger partial charge in [-0.3, -0.25) is 0 Å². The van der Waals surface area contributed by atoms with Crippen LogP contribution in [0.4, 0.5) is 0 Å². The zero-order chi connectivity index (χ0) is 7.84.